The summed E-state index contributed by atoms with van der Waals surface area (Å²) in [7, 11) is 0. The zero-order valence-corrected chi connectivity index (χ0v) is 22.1. The Labute approximate surface area is 231 Å². The molecule has 2 aliphatic rings. The smallest absolute Gasteiger partial charge is 0.335 e. The second-order valence-electron chi connectivity index (χ2n) is 10.7. The third-order valence-electron chi connectivity index (χ3n) is 8.04. The quantitative estimate of drug-likeness (QED) is 0.279. The van der Waals surface area contributed by atoms with Gasteiger partial charge in [-0.25, -0.2) is 9.78 Å². The van der Waals surface area contributed by atoms with E-state index in [0.717, 1.165) is 78.2 Å². The highest BCUT2D eigenvalue weighted by Crippen LogP contribution is 2.32. The summed E-state index contributed by atoms with van der Waals surface area (Å²) in [6, 6.07) is 21.3. The third kappa shape index (κ3) is 4.82. The summed E-state index contributed by atoms with van der Waals surface area (Å²) in [5, 5.41) is 15.5. The molecule has 2 aliphatic heterocycles. The predicted octanol–water partition coefficient (Wildman–Crippen LogP) is 5.50. The van der Waals surface area contributed by atoms with E-state index in [2.05, 4.69) is 26.4 Å². The van der Waals surface area contributed by atoms with Gasteiger partial charge >= 0.3 is 5.97 Å². The number of rotatable bonds is 8. The SMILES string of the molecule is O=C(O)c1ccc2nc(CN3CCC(n4cc5cccc(Oc6ccccc6)c5n4)CC3)n(C[C@@H]3CCO3)c2c1. The molecule has 0 radical (unpaired) electrons. The first-order chi connectivity index (χ1) is 19.6. The number of imidazole rings is 1. The summed E-state index contributed by atoms with van der Waals surface area (Å²) in [4.78, 5) is 18.9. The van der Waals surface area contributed by atoms with Crippen LogP contribution in [0.15, 0.2) is 72.9 Å². The van der Waals surface area contributed by atoms with Gasteiger partial charge in [0.2, 0.25) is 0 Å². The lowest BCUT2D eigenvalue weighted by Gasteiger charge is -2.32. The number of hydrogen-bond donors (Lipinski definition) is 1. The van der Waals surface area contributed by atoms with Crippen molar-refractivity contribution < 1.29 is 19.4 Å². The van der Waals surface area contributed by atoms with E-state index in [1.165, 1.54) is 0 Å². The average molecular weight is 538 g/mol. The number of aromatic carboxylic acids is 1. The highest BCUT2D eigenvalue weighted by atomic mass is 16.5. The minimum atomic E-state index is -0.928. The molecule has 0 spiro atoms. The molecule has 204 valence electrons. The molecule has 0 saturated carbocycles. The first-order valence-corrected chi connectivity index (χ1v) is 13.9. The Morgan fingerprint density at radius 1 is 1.02 bits per heavy atom. The summed E-state index contributed by atoms with van der Waals surface area (Å²) in [5.74, 6) is 1.59. The molecule has 0 bridgehead atoms. The summed E-state index contributed by atoms with van der Waals surface area (Å²) in [5.41, 5.74) is 2.84. The van der Waals surface area contributed by atoms with Crippen molar-refractivity contribution in [1.29, 1.82) is 0 Å². The number of carbonyl (C=O) groups is 1. The first kappa shape index (κ1) is 24.8. The van der Waals surface area contributed by atoms with Crippen LogP contribution >= 0.6 is 0 Å². The Balaban J connectivity index is 1.07. The van der Waals surface area contributed by atoms with Gasteiger partial charge in [-0.3, -0.25) is 9.58 Å². The second-order valence-corrected chi connectivity index (χ2v) is 10.7. The van der Waals surface area contributed by atoms with E-state index in [0.29, 0.717) is 19.1 Å². The predicted molar refractivity (Wildman–Crippen MR) is 151 cm³/mol. The van der Waals surface area contributed by atoms with Crippen molar-refractivity contribution in [2.45, 2.75) is 44.5 Å². The molecule has 2 fully saturated rings. The maximum atomic E-state index is 11.6. The molecule has 1 N–H and O–H groups in total. The van der Waals surface area contributed by atoms with Gasteiger partial charge in [0.25, 0.3) is 0 Å². The highest BCUT2D eigenvalue weighted by molar-refractivity contribution is 5.92. The monoisotopic (exact) mass is 537 g/mol. The van der Waals surface area contributed by atoms with E-state index in [4.69, 9.17) is 19.6 Å². The van der Waals surface area contributed by atoms with Crippen LogP contribution in [0.1, 0.15) is 41.5 Å². The third-order valence-corrected chi connectivity index (χ3v) is 8.04. The fraction of sp³-hybridized carbons (Fsp3) is 0.323. The fourth-order valence-electron chi connectivity index (χ4n) is 5.73. The van der Waals surface area contributed by atoms with Crippen LogP contribution in [0.3, 0.4) is 0 Å². The van der Waals surface area contributed by atoms with Crippen molar-refractivity contribution in [1.82, 2.24) is 24.2 Å². The van der Waals surface area contributed by atoms with Gasteiger partial charge in [0.05, 0.1) is 41.8 Å². The minimum Gasteiger partial charge on any atom is -0.478 e. The average Bonchev–Trinajstić information content (AvgIpc) is 3.53. The number of benzene rings is 3. The maximum absolute atomic E-state index is 11.6. The van der Waals surface area contributed by atoms with E-state index < -0.39 is 5.97 Å². The molecule has 0 aliphatic carbocycles. The Bertz CT molecular complexity index is 1670. The molecule has 3 aromatic carbocycles. The standard InChI is InChI=1S/C31H31N5O4/c37-31(38)21-9-10-26-27(17-21)35(19-25-13-16-39-25)29(32-26)20-34-14-11-23(12-15-34)36-18-22-5-4-8-28(30(22)33-36)40-24-6-2-1-3-7-24/h1-10,17-18,23,25H,11-16,19-20H2,(H,37,38)/t25-/m0/s1. The van der Waals surface area contributed by atoms with Crippen molar-refractivity contribution >= 4 is 27.9 Å². The molecule has 2 aromatic heterocycles. The van der Waals surface area contributed by atoms with Gasteiger partial charge in [0.1, 0.15) is 17.1 Å². The number of para-hydroxylation sites is 1. The molecule has 9 heteroatoms. The molecular weight excluding hydrogens is 506 g/mol. The minimum absolute atomic E-state index is 0.153. The van der Waals surface area contributed by atoms with Crippen molar-refractivity contribution in [3.05, 3.63) is 84.3 Å². The van der Waals surface area contributed by atoms with Gasteiger partial charge in [0, 0.05) is 31.3 Å². The summed E-state index contributed by atoms with van der Waals surface area (Å²) >= 11 is 0. The molecule has 7 rings (SSSR count). The van der Waals surface area contributed by atoms with Gasteiger partial charge in [-0.05, 0) is 55.7 Å². The van der Waals surface area contributed by atoms with Gasteiger partial charge in [-0.2, -0.15) is 5.10 Å². The number of carboxylic acid groups (broad SMARTS) is 1. The zero-order valence-electron chi connectivity index (χ0n) is 22.1. The topological polar surface area (TPSA) is 94.6 Å². The Hall–Kier alpha value is -4.21. The van der Waals surface area contributed by atoms with Crippen LogP contribution in [-0.2, 0) is 17.8 Å². The number of nitrogens with zero attached hydrogens (tertiary/aromatic N) is 5. The van der Waals surface area contributed by atoms with Crippen LogP contribution in [0.5, 0.6) is 11.5 Å². The molecular formula is C31H31N5O4. The lowest BCUT2D eigenvalue weighted by molar-refractivity contribution is -0.0592. The largest absolute Gasteiger partial charge is 0.478 e. The Morgan fingerprint density at radius 3 is 2.60 bits per heavy atom. The van der Waals surface area contributed by atoms with E-state index in [9.17, 15) is 9.90 Å². The summed E-state index contributed by atoms with van der Waals surface area (Å²) in [6.45, 7) is 4.05. The van der Waals surface area contributed by atoms with Crippen molar-refractivity contribution in [3.63, 3.8) is 0 Å². The van der Waals surface area contributed by atoms with E-state index in [-0.39, 0.29) is 11.7 Å². The van der Waals surface area contributed by atoms with E-state index in [1.807, 2.05) is 48.5 Å². The van der Waals surface area contributed by atoms with Gasteiger partial charge < -0.3 is 19.1 Å². The lowest BCUT2D eigenvalue weighted by Crippen LogP contribution is -2.36. The molecule has 2 saturated heterocycles. The molecule has 0 amide bonds. The molecule has 40 heavy (non-hydrogen) atoms. The number of carboxylic acids is 1. The Kier molecular flexibility index (Phi) is 6.45. The molecule has 0 unspecified atom stereocenters. The van der Waals surface area contributed by atoms with Gasteiger partial charge in [-0.15, -0.1) is 0 Å². The number of piperidine rings is 1. The number of likely N-dealkylation sites (tertiary alicyclic amines) is 1. The van der Waals surface area contributed by atoms with Gasteiger partial charge in [0.15, 0.2) is 5.75 Å². The normalized spacial score (nSPS) is 18.2. The number of fused-ring (bicyclic) bond motifs is 2. The number of aromatic nitrogens is 4. The van der Waals surface area contributed by atoms with Crippen molar-refractivity contribution in [3.8, 4) is 11.5 Å². The highest BCUT2D eigenvalue weighted by Gasteiger charge is 2.26. The first-order valence-electron chi connectivity index (χ1n) is 13.9. The molecule has 5 aromatic rings. The number of ether oxygens (including phenoxy) is 2. The fourth-order valence-corrected chi connectivity index (χ4v) is 5.73. The molecule has 4 heterocycles. The van der Waals surface area contributed by atoms with Crippen molar-refractivity contribution in [2.75, 3.05) is 19.7 Å². The Morgan fingerprint density at radius 2 is 1.85 bits per heavy atom. The molecule has 1 atom stereocenters. The van der Waals surface area contributed by atoms with E-state index in [1.54, 1.807) is 12.1 Å². The van der Waals surface area contributed by atoms with Crippen LogP contribution in [0.4, 0.5) is 0 Å². The zero-order chi connectivity index (χ0) is 27.1. The van der Waals surface area contributed by atoms with Crippen LogP contribution < -0.4 is 4.74 Å². The summed E-state index contributed by atoms with van der Waals surface area (Å²) < 4.78 is 16.1. The van der Waals surface area contributed by atoms with Crippen molar-refractivity contribution in [2.24, 2.45) is 0 Å². The van der Waals surface area contributed by atoms with Crippen LogP contribution in [0.25, 0.3) is 21.9 Å². The maximum Gasteiger partial charge on any atom is 0.335 e. The molecule has 9 nitrogen and oxygen atoms in total. The second kappa shape index (κ2) is 10.4. The van der Waals surface area contributed by atoms with Crippen LogP contribution in [0, 0.1) is 0 Å². The van der Waals surface area contributed by atoms with E-state index >= 15 is 0 Å². The van der Waals surface area contributed by atoms with Gasteiger partial charge in [-0.1, -0.05) is 30.3 Å². The number of hydrogen-bond acceptors (Lipinski definition) is 6. The van der Waals surface area contributed by atoms with Crippen LogP contribution in [-0.4, -0.2) is 61.1 Å². The lowest BCUT2D eigenvalue weighted by atomic mass is 10.1. The van der Waals surface area contributed by atoms with Crippen LogP contribution in [0.2, 0.25) is 0 Å². The summed E-state index contributed by atoms with van der Waals surface area (Å²) in [6.07, 6.45) is 5.26.